The first-order chi connectivity index (χ1) is 14.0. The van der Waals surface area contributed by atoms with Crippen molar-refractivity contribution < 1.29 is 9.72 Å². The molecule has 0 saturated carbocycles. The number of hydrogen-bond donors (Lipinski definition) is 1. The number of aromatic nitrogens is 3. The number of carbonyl (C=O) groups excluding carboxylic acids is 1. The molecule has 2 heterocycles. The molecule has 0 aliphatic rings. The fourth-order valence-corrected chi connectivity index (χ4v) is 4.34. The summed E-state index contributed by atoms with van der Waals surface area (Å²) in [6.07, 6.45) is 0. The molecule has 2 aromatic carbocycles. The zero-order valence-electron chi connectivity index (χ0n) is 14.8. The highest BCUT2D eigenvalue weighted by molar-refractivity contribution is 7.99. The van der Waals surface area contributed by atoms with E-state index >= 15 is 0 Å². The van der Waals surface area contributed by atoms with Gasteiger partial charge in [0.05, 0.1) is 14.7 Å². The van der Waals surface area contributed by atoms with Gasteiger partial charge in [-0.05, 0) is 47.5 Å². The Labute approximate surface area is 173 Å². The fraction of sp³-hybridized carbons (Fsp3) is 0. The number of benzene rings is 2. The Bertz CT molecular complexity index is 1190. The molecule has 8 nitrogen and oxygen atoms in total. The summed E-state index contributed by atoms with van der Waals surface area (Å²) in [5, 5.41) is 22.5. The molecule has 4 aromatic rings. The van der Waals surface area contributed by atoms with E-state index in [9.17, 15) is 14.9 Å². The molecule has 10 heteroatoms. The number of hydrogen-bond acceptors (Lipinski definition) is 7. The normalized spacial score (nSPS) is 10.8. The molecule has 0 radical (unpaired) electrons. The van der Waals surface area contributed by atoms with Crippen LogP contribution in [0.25, 0.3) is 16.4 Å². The largest absolute Gasteiger partial charge is 0.366 e. The van der Waals surface area contributed by atoms with Crippen molar-refractivity contribution in [2.24, 2.45) is 5.73 Å². The smallest absolute Gasteiger partial charge is 0.284 e. The van der Waals surface area contributed by atoms with Crippen molar-refractivity contribution in [3.63, 3.8) is 0 Å². The summed E-state index contributed by atoms with van der Waals surface area (Å²) < 4.78 is 1.85. The minimum atomic E-state index is -0.725. The maximum Gasteiger partial charge on any atom is 0.284 e. The molecule has 0 atom stereocenters. The Morgan fingerprint density at radius 3 is 2.55 bits per heavy atom. The predicted octanol–water partition coefficient (Wildman–Crippen LogP) is 4.15. The zero-order chi connectivity index (χ0) is 20.4. The molecule has 144 valence electrons. The van der Waals surface area contributed by atoms with Crippen LogP contribution >= 0.6 is 23.1 Å². The van der Waals surface area contributed by atoms with Crippen molar-refractivity contribution in [3.8, 4) is 16.4 Å². The minimum absolute atomic E-state index is 0.0739. The van der Waals surface area contributed by atoms with Gasteiger partial charge in [-0.3, -0.25) is 19.5 Å². The van der Waals surface area contributed by atoms with E-state index in [1.54, 1.807) is 0 Å². The van der Waals surface area contributed by atoms with Gasteiger partial charge in [-0.25, -0.2) is 0 Å². The van der Waals surface area contributed by atoms with Gasteiger partial charge < -0.3 is 5.73 Å². The molecule has 1 amide bonds. The average Bonchev–Trinajstić information content (AvgIpc) is 3.38. The van der Waals surface area contributed by atoms with Crippen LogP contribution in [0.5, 0.6) is 0 Å². The van der Waals surface area contributed by atoms with E-state index in [4.69, 9.17) is 5.73 Å². The van der Waals surface area contributed by atoms with Gasteiger partial charge in [0.2, 0.25) is 11.1 Å². The summed E-state index contributed by atoms with van der Waals surface area (Å²) in [4.78, 5) is 23.6. The van der Waals surface area contributed by atoms with Gasteiger partial charge in [0, 0.05) is 17.3 Å². The van der Waals surface area contributed by atoms with Crippen molar-refractivity contribution in [2.45, 2.75) is 10.1 Å². The number of primary amides is 1. The van der Waals surface area contributed by atoms with Gasteiger partial charge in [0.25, 0.3) is 5.69 Å². The lowest BCUT2D eigenvalue weighted by molar-refractivity contribution is -0.387. The lowest BCUT2D eigenvalue weighted by Crippen LogP contribution is -2.11. The van der Waals surface area contributed by atoms with Gasteiger partial charge >= 0.3 is 0 Å². The second-order valence-corrected chi connectivity index (χ2v) is 7.82. The summed E-state index contributed by atoms with van der Waals surface area (Å²) in [7, 11) is 0. The van der Waals surface area contributed by atoms with E-state index in [1.165, 1.54) is 29.5 Å². The van der Waals surface area contributed by atoms with E-state index in [0.29, 0.717) is 15.9 Å². The third-order valence-corrected chi connectivity index (χ3v) is 5.91. The van der Waals surface area contributed by atoms with Crippen LogP contribution in [0.15, 0.2) is 76.1 Å². The topological polar surface area (TPSA) is 117 Å². The third kappa shape index (κ3) is 3.75. The van der Waals surface area contributed by atoms with Crippen molar-refractivity contribution >= 4 is 34.7 Å². The molecule has 0 aliphatic carbocycles. The van der Waals surface area contributed by atoms with Crippen LogP contribution < -0.4 is 5.73 Å². The van der Waals surface area contributed by atoms with Crippen molar-refractivity contribution in [1.82, 2.24) is 14.8 Å². The Kier molecular flexibility index (Phi) is 5.10. The van der Waals surface area contributed by atoms with Gasteiger partial charge in [0.1, 0.15) is 0 Å². The minimum Gasteiger partial charge on any atom is -0.366 e. The molecule has 29 heavy (non-hydrogen) atoms. The number of nitrogens with two attached hydrogens (primary N) is 1. The van der Waals surface area contributed by atoms with Crippen LogP contribution in [0.4, 0.5) is 5.69 Å². The molecule has 0 unspecified atom stereocenters. The first-order valence-electron chi connectivity index (χ1n) is 8.35. The Hall–Kier alpha value is -3.50. The number of carbonyl (C=O) groups is 1. The van der Waals surface area contributed by atoms with Crippen LogP contribution in [0, 0.1) is 10.1 Å². The first kappa shape index (κ1) is 18.8. The lowest BCUT2D eigenvalue weighted by atomic mass is 10.2. The molecule has 0 fully saturated rings. The van der Waals surface area contributed by atoms with Gasteiger partial charge in [-0.1, -0.05) is 24.3 Å². The van der Waals surface area contributed by atoms with Gasteiger partial charge in [0.15, 0.2) is 5.82 Å². The van der Waals surface area contributed by atoms with E-state index in [-0.39, 0.29) is 11.3 Å². The number of nitrogens with zero attached hydrogens (tertiary/aromatic N) is 4. The number of nitro benzene ring substituents is 1. The highest BCUT2D eigenvalue weighted by atomic mass is 32.2. The van der Waals surface area contributed by atoms with Crippen LogP contribution in [0.1, 0.15) is 10.4 Å². The average molecular weight is 423 g/mol. The Morgan fingerprint density at radius 2 is 1.90 bits per heavy atom. The molecule has 0 saturated heterocycles. The second-order valence-electron chi connectivity index (χ2n) is 5.86. The molecule has 4 rings (SSSR count). The van der Waals surface area contributed by atoms with E-state index < -0.39 is 10.8 Å². The monoisotopic (exact) mass is 423 g/mol. The number of para-hydroxylation sites is 1. The zero-order valence-corrected chi connectivity index (χ0v) is 16.4. The van der Waals surface area contributed by atoms with Crippen LogP contribution in [0.3, 0.4) is 0 Å². The number of thiophene rings is 1. The summed E-state index contributed by atoms with van der Waals surface area (Å²) in [6, 6.07) is 17.5. The summed E-state index contributed by atoms with van der Waals surface area (Å²) >= 11 is 2.63. The van der Waals surface area contributed by atoms with E-state index in [0.717, 1.165) is 22.3 Å². The van der Waals surface area contributed by atoms with Crippen molar-refractivity contribution in [3.05, 3.63) is 81.7 Å². The molecule has 0 spiro atoms. The van der Waals surface area contributed by atoms with Gasteiger partial charge in [-0.2, -0.15) is 0 Å². The van der Waals surface area contributed by atoms with Crippen LogP contribution in [-0.4, -0.2) is 25.6 Å². The molecular formula is C19H13N5O3S2. The first-order valence-corrected chi connectivity index (χ1v) is 10.0. The number of amides is 1. The SMILES string of the molecule is NC(=O)c1ccc(Sc2nnc(-c3cccs3)n2-c2ccccc2)c([N+](=O)[O-])c1. The predicted molar refractivity (Wildman–Crippen MR) is 110 cm³/mol. The number of nitro groups is 1. The summed E-state index contributed by atoms with van der Waals surface area (Å²) in [6.45, 7) is 0. The second kappa shape index (κ2) is 7.86. The molecule has 2 N–H and O–H groups in total. The molecular weight excluding hydrogens is 410 g/mol. The quantitative estimate of drug-likeness (QED) is 0.368. The molecule has 2 aromatic heterocycles. The maximum absolute atomic E-state index is 11.5. The van der Waals surface area contributed by atoms with E-state index in [1.807, 2.05) is 52.4 Å². The fourth-order valence-electron chi connectivity index (χ4n) is 2.71. The third-order valence-electron chi connectivity index (χ3n) is 4.03. The van der Waals surface area contributed by atoms with Crippen molar-refractivity contribution in [1.29, 1.82) is 0 Å². The Morgan fingerprint density at radius 1 is 1.10 bits per heavy atom. The number of rotatable bonds is 6. The molecule has 0 bridgehead atoms. The summed E-state index contributed by atoms with van der Waals surface area (Å²) in [5.41, 5.74) is 5.94. The highest BCUT2D eigenvalue weighted by Gasteiger charge is 2.22. The molecule has 0 aliphatic heterocycles. The summed E-state index contributed by atoms with van der Waals surface area (Å²) in [5.74, 6) is -0.0813. The maximum atomic E-state index is 11.5. The lowest BCUT2D eigenvalue weighted by Gasteiger charge is -2.09. The standard InChI is InChI=1S/C19H13N5O3S2/c20-17(25)12-8-9-15(14(11-12)24(26)27)29-19-22-21-18(16-7-4-10-28-16)23(19)13-5-2-1-3-6-13/h1-11H,(H2,20,25). The highest BCUT2D eigenvalue weighted by Crippen LogP contribution is 2.37. The van der Waals surface area contributed by atoms with Crippen molar-refractivity contribution in [2.75, 3.05) is 0 Å². The van der Waals surface area contributed by atoms with Gasteiger partial charge in [-0.15, -0.1) is 21.5 Å². The van der Waals surface area contributed by atoms with E-state index in [2.05, 4.69) is 10.2 Å². The Balaban J connectivity index is 1.83. The van der Waals surface area contributed by atoms with Crippen LogP contribution in [-0.2, 0) is 0 Å². The van der Waals surface area contributed by atoms with Crippen LogP contribution in [0.2, 0.25) is 0 Å².